The summed E-state index contributed by atoms with van der Waals surface area (Å²) in [5, 5.41) is 3.87. The van der Waals surface area contributed by atoms with Gasteiger partial charge in [0.1, 0.15) is 5.75 Å². The monoisotopic (exact) mass is 412 g/mol. The van der Waals surface area contributed by atoms with E-state index in [2.05, 4.69) is 16.3 Å². The number of nitrogens with zero attached hydrogens (tertiary/aromatic N) is 1. The number of likely N-dealkylation sites (tertiary alicyclic amines) is 1. The maximum Gasteiger partial charge on any atom is 0.225 e. The summed E-state index contributed by atoms with van der Waals surface area (Å²) in [6.45, 7) is 6.06. The number of nitrogens with one attached hydrogen (secondary N) is 1. The van der Waals surface area contributed by atoms with Crippen LogP contribution in [0.4, 0.5) is 0 Å². The summed E-state index contributed by atoms with van der Waals surface area (Å²) >= 11 is 6.60. The number of ether oxygens (including phenoxy) is 1. The minimum atomic E-state index is -0.0804. The Morgan fingerprint density at radius 1 is 1.30 bits per heavy atom. The van der Waals surface area contributed by atoms with Crippen LogP contribution in [0.3, 0.4) is 0 Å². The number of hydrogen-bond acceptors (Lipinski definition) is 3. The minimum Gasteiger partial charge on any atom is -0.489 e. The Morgan fingerprint density at radius 3 is 2.67 bits per heavy atom. The second-order valence-electron chi connectivity index (χ2n) is 8.56. The Bertz CT molecular complexity index is 666. The molecule has 2 aliphatic carbocycles. The first-order valence-electron chi connectivity index (χ1n) is 9.98. The van der Waals surface area contributed by atoms with Gasteiger partial charge in [0.25, 0.3) is 0 Å². The van der Waals surface area contributed by atoms with Crippen molar-refractivity contribution in [1.82, 2.24) is 10.2 Å². The predicted molar refractivity (Wildman–Crippen MR) is 111 cm³/mol. The van der Waals surface area contributed by atoms with Gasteiger partial charge in [0, 0.05) is 18.5 Å². The summed E-state index contributed by atoms with van der Waals surface area (Å²) in [6.07, 6.45) is 6.82. The average Bonchev–Trinajstić information content (AvgIpc) is 3.14. The van der Waals surface area contributed by atoms with Gasteiger partial charge < -0.3 is 10.1 Å². The van der Waals surface area contributed by atoms with Crippen LogP contribution in [0.1, 0.15) is 51.0 Å². The van der Waals surface area contributed by atoms with Crippen molar-refractivity contribution >= 4 is 29.9 Å². The van der Waals surface area contributed by atoms with E-state index in [1.807, 2.05) is 19.1 Å². The lowest BCUT2D eigenvalue weighted by molar-refractivity contribution is -0.126. The van der Waals surface area contributed by atoms with Gasteiger partial charge in [-0.25, -0.2) is 0 Å². The quantitative estimate of drug-likeness (QED) is 0.719. The molecule has 1 heterocycles. The first-order valence-corrected chi connectivity index (χ1v) is 10.4. The van der Waals surface area contributed by atoms with Crippen molar-refractivity contribution in [3.8, 4) is 5.75 Å². The van der Waals surface area contributed by atoms with Crippen molar-refractivity contribution in [1.29, 1.82) is 0 Å². The van der Waals surface area contributed by atoms with Gasteiger partial charge >= 0.3 is 0 Å². The molecule has 0 aromatic heterocycles. The zero-order valence-electron chi connectivity index (χ0n) is 16.0. The number of benzene rings is 1. The summed E-state index contributed by atoms with van der Waals surface area (Å²) in [6, 6.07) is 6.11. The topological polar surface area (TPSA) is 41.6 Å². The largest absolute Gasteiger partial charge is 0.489 e. The van der Waals surface area contributed by atoms with Crippen molar-refractivity contribution in [2.45, 2.75) is 58.1 Å². The lowest BCUT2D eigenvalue weighted by atomic mass is 9.82. The standard InChI is InChI=1S/C21H29ClN2O2.ClH/c1-21(7-8-21)20(25)23-13-15-11-17(12-15)26-18-6-4-5-16(19(18)22)14-24-9-2-3-10-24;/h4-6,15,17H,2-3,7-14H2,1H3,(H,23,25);1H/t15-,17-;. The molecule has 3 fully saturated rings. The Balaban J connectivity index is 0.00000210. The number of halogens is 2. The molecule has 150 valence electrons. The molecule has 1 saturated heterocycles. The molecule has 6 heteroatoms. The molecule has 1 amide bonds. The smallest absolute Gasteiger partial charge is 0.225 e. The van der Waals surface area contributed by atoms with E-state index in [0.29, 0.717) is 5.92 Å². The highest BCUT2D eigenvalue weighted by Gasteiger charge is 2.45. The lowest BCUT2D eigenvalue weighted by Crippen LogP contribution is -2.42. The minimum absolute atomic E-state index is 0. The first-order chi connectivity index (χ1) is 12.5. The summed E-state index contributed by atoms with van der Waals surface area (Å²) in [4.78, 5) is 14.5. The van der Waals surface area contributed by atoms with E-state index in [4.69, 9.17) is 16.3 Å². The molecule has 4 rings (SSSR count). The molecule has 0 unspecified atom stereocenters. The molecule has 0 spiro atoms. The Kier molecular flexibility index (Phi) is 6.60. The molecule has 1 aromatic rings. The van der Waals surface area contributed by atoms with Crippen LogP contribution < -0.4 is 10.1 Å². The maximum absolute atomic E-state index is 12.0. The summed E-state index contributed by atoms with van der Waals surface area (Å²) in [5.41, 5.74) is 1.08. The Hall–Kier alpha value is -0.970. The summed E-state index contributed by atoms with van der Waals surface area (Å²) in [5.74, 6) is 1.55. The van der Waals surface area contributed by atoms with Gasteiger partial charge in [-0.3, -0.25) is 9.69 Å². The van der Waals surface area contributed by atoms with Gasteiger partial charge in [-0.05, 0) is 69.2 Å². The Morgan fingerprint density at radius 2 is 2.00 bits per heavy atom. The second kappa shape index (κ2) is 8.59. The molecule has 4 nitrogen and oxygen atoms in total. The molecule has 1 N–H and O–H groups in total. The maximum atomic E-state index is 12.0. The normalized spacial score (nSPS) is 26.0. The number of carbonyl (C=O) groups is 1. The van der Waals surface area contributed by atoms with Crippen molar-refractivity contribution in [2.24, 2.45) is 11.3 Å². The lowest BCUT2D eigenvalue weighted by Gasteiger charge is -2.36. The average molecular weight is 413 g/mol. The fourth-order valence-electron chi connectivity index (χ4n) is 3.93. The van der Waals surface area contributed by atoms with Crippen LogP contribution in [0.5, 0.6) is 5.75 Å². The number of rotatable bonds is 7. The van der Waals surface area contributed by atoms with Crippen molar-refractivity contribution in [3.63, 3.8) is 0 Å². The summed E-state index contributed by atoms with van der Waals surface area (Å²) < 4.78 is 6.14. The van der Waals surface area contributed by atoms with E-state index in [1.54, 1.807) is 0 Å². The van der Waals surface area contributed by atoms with Gasteiger partial charge in [0.15, 0.2) is 0 Å². The third-order valence-electron chi connectivity index (χ3n) is 6.22. The molecule has 3 aliphatic rings. The van der Waals surface area contributed by atoms with Crippen LogP contribution in [0, 0.1) is 11.3 Å². The fraction of sp³-hybridized carbons (Fsp3) is 0.667. The summed E-state index contributed by atoms with van der Waals surface area (Å²) in [7, 11) is 0. The van der Waals surface area contributed by atoms with Gasteiger partial charge in [0.2, 0.25) is 5.91 Å². The van der Waals surface area contributed by atoms with Crippen LogP contribution >= 0.6 is 24.0 Å². The van der Waals surface area contributed by atoms with Crippen LogP contribution in [0.25, 0.3) is 0 Å². The molecule has 0 atom stereocenters. The predicted octanol–water partition coefficient (Wildman–Crippen LogP) is 4.43. The van der Waals surface area contributed by atoms with Crippen LogP contribution in [-0.2, 0) is 11.3 Å². The molecule has 0 radical (unpaired) electrons. The van der Waals surface area contributed by atoms with Crippen molar-refractivity contribution < 1.29 is 9.53 Å². The number of hydrogen-bond donors (Lipinski definition) is 1. The van der Waals surface area contributed by atoms with Gasteiger partial charge in [-0.2, -0.15) is 0 Å². The highest BCUT2D eigenvalue weighted by atomic mass is 35.5. The zero-order chi connectivity index (χ0) is 18.1. The first kappa shape index (κ1) is 20.8. The molecular formula is C21H30Cl2N2O2. The van der Waals surface area contributed by atoms with Crippen LogP contribution in [-0.4, -0.2) is 36.5 Å². The molecule has 2 saturated carbocycles. The highest BCUT2D eigenvalue weighted by molar-refractivity contribution is 6.32. The van der Waals surface area contributed by atoms with E-state index < -0.39 is 0 Å². The van der Waals surface area contributed by atoms with Crippen LogP contribution in [0.15, 0.2) is 18.2 Å². The Labute approximate surface area is 173 Å². The zero-order valence-corrected chi connectivity index (χ0v) is 17.6. The van der Waals surface area contributed by atoms with Gasteiger partial charge in [-0.15, -0.1) is 12.4 Å². The van der Waals surface area contributed by atoms with E-state index in [-0.39, 0.29) is 29.8 Å². The van der Waals surface area contributed by atoms with E-state index in [0.717, 1.165) is 68.2 Å². The SMILES string of the molecule is CC1(C(=O)NC[C@H]2C[C@H](Oc3cccc(CN4CCCC4)c3Cl)C2)CC1.Cl. The number of carbonyl (C=O) groups excluding carboxylic acids is 1. The molecule has 0 bridgehead atoms. The molecular weight excluding hydrogens is 383 g/mol. The van der Waals surface area contributed by atoms with E-state index >= 15 is 0 Å². The second-order valence-corrected chi connectivity index (χ2v) is 8.94. The molecule has 1 aliphatic heterocycles. The van der Waals surface area contributed by atoms with Crippen molar-refractivity contribution in [3.05, 3.63) is 28.8 Å². The van der Waals surface area contributed by atoms with Crippen LogP contribution in [0.2, 0.25) is 5.02 Å². The third kappa shape index (κ3) is 4.90. The van der Waals surface area contributed by atoms with Gasteiger partial charge in [0.05, 0.1) is 11.1 Å². The highest BCUT2D eigenvalue weighted by Crippen LogP contribution is 2.45. The van der Waals surface area contributed by atoms with Crippen molar-refractivity contribution in [2.75, 3.05) is 19.6 Å². The van der Waals surface area contributed by atoms with Gasteiger partial charge in [-0.1, -0.05) is 30.7 Å². The number of amides is 1. The third-order valence-corrected chi connectivity index (χ3v) is 6.65. The van der Waals surface area contributed by atoms with E-state index in [9.17, 15) is 4.79 Å². The van der Waals surface area contributed by atoms with E-state index in [1.165, 1.54) is 12.8 Å². The molecule has 1 aromatic carbocycles. The molecule has 27 heavy (non-hydrogen) atoms. The fourth-order valence-corrected chi connectivity index (χ4v) is 4.16.